The minimum Gasteiger partial charge on any atom is -0.377 e. The molecule has 4 aromatic rings. The van der Waals surface area contributed by atoms with Crippen molar-refractivity contribution in [3.63, 3.8) is 0 Å². The van der Waals surface area contributed by atoms with Crippen LogP contribution in [0.15, 0.2) is 36.8 Å². The highest BCUT2D eigenvalue weighted by molar-refractivity contribution is 6.13. The molecule has 2 aliphatic carbocycles. The van der Waals surface area contributed by atoms with Crippen molar-refractivity contribution in [1.82, 2.24) is 34.4 Å². The molecule has 1 aliphatic heterocycles. The van der Waals surface area contributed by atoms with Gasteiger partial charge in [-0.1, -0.05) is 0 Å². The first kappa shape index (κ1) is 28.6. The number of carbonyl (C=O) groups excluding carboxylic acids is 3. The fraction of sp³-hybridized carbons (Fsp3) is 0.379. The van der Waals surface area contributed by atoms with Gasteiger partial charge in [-0.3, -0.25) is 19.4 Å². The number of anilines is 3. The van der Waals surface area contributed by atoms with Gasteiger partial charge in [-0.05, 0) is 49.8 Å². The van der Waals surface area contributed by atoms with Crippen LogP contribution < -0.4 is 15.5 Å². The van der Waals surface area contributed by atoms with Gasteiger partial charge in [0.2, 0.25) is 11.8 Å². The van der Waals surface area contributed by atoms with E-state index in [1.54, 1.807) is 22.9 Å². The van der Waals surface area contributed by atoms with Gasteiger partial charge < -0.3 is 15.0 Å². The highest BCUT2D eigenvalue weighted by atomic mass is 19.4. The van der Waals surface area contributed by atoms with E-state index in [1.807, 2.05) is 19.2 Å². The average molecular weight is 621 g/mol. The van der Waals surface area contributed by atoms with Crippen molar-refractivity contribution in [2.75, 3.05) is 29.1 Å². The number of imidazole rings is 1. The Bertz CT molecular complexity index is 1870. The fourth-order valence-electron chi connectivity index (χ4n) is 5.48. The van der Waals surface area contributed by atoms with Crippen LogP contribution in [0.2, 0.25) is 0 Å². The van der Waals surface area contributed by atoms with Crippen LogP contribution in [0.3, 0.4) is 0 Å². The highest BCUT2D eigenvalue weighted by Crippen LogP contribution is 2.46. The maximum Gasteiger partial charge on any atom is 0.437 e. The van der Waals surface area contributed by atoms with Crippen LogP contribution in [0.25, 0.3) is 5.65 Å². The second-order valence-electron chi connectivity index (χ2n) is 11.6. The predicted molar refractivity (Wildman–Crippen MR) is 153 cm³/mol. The summed E-state index contributed by atoms with van der Waals surface area (Å²) in [4.78, 5) is 53.4. The van der Waals surface area contributed by atoms with Crippen LogP contribution in [0, 0.1) is 12.8 Å². The second kappa shape index (κ2) is 10.5. The zero-order valence-electron chi connectivity index (χ0n) is 24.2. The van der Waals surface area contributed by atoms with E-state index in [4.69, 9.17) is 0 Å². The van der Waals surface area contributed by atoms with Gasteiger partial charge in [0.25, 0.3) is 0 Å². The Labute approximate surface area is 253 Å². The summed E-state index contributed by atoms with van der Waals surface area (Å²) in [6, 6.07) is 4.21. The summed E-state index contributed by atoms with van der Waals surface area (Å²) in [5.74, 6) is -0.647. The number of pyridine rings is 1. The van der Waals surface area contributed by atoms with Gasteiger partial charge in [-0.2, -0.15) is 13.2 Å². The average Bonchev–Trinajstić information content (AvgIpc) is 3.92. The molecule has 1 saturated heterocycles. The SMILES string of the molecule is Cc1ccnc(C2CC2C(=O)Nc2cc(NCc3cn4cc(C5CC5)cc(N5CC(=O)N(C)C5=O)c4n3)c(C(F)(F)F)nn2)n1. The molecule has 0 bridgehead atoms. The van der Waals surface area contributed by atoms with Crippen molar-refractivity contribution in [3.8, 4) is 0 Å². The molecule has 5 heterocycles. The number of amides is 4. The quantitative estimate of drug-likeness (QED) is 0.280. The molecule has 13 nitrogen and oxygen atoms in total. The molecule has 2 unspecified atom stereocenters. The number of likely N-dealkylation sites (N-methyl/N-ethyl adjacent to an activating group) is 1. The number of aryl methyl sites for hydroxylation is 1. The molecule has 7 rings (SSSR count). The topological polar surface area (TPSA) is 151 Å². The third-order valence-electron chi connectivity index (χ3n) is 8.17. The second-order valence-corrected chi connectivity index (χ2v) is 11.6. The molecule has 3 aliphatic rings. The molecule has 0 spiro atoms. The number of nitrogens with zero attached hydrogens (tertiary/aromatic N) is 8. The minimum atomic E-state index is -4.82. The number of imide groups is 1. The lowest BCUT2D eigenvalue weighted by Crippen LogP contribution is -2.30. The maximum atomic E-state index is 13.9. The normalized spacial score (nSPS) is 19.8. The first-order chi connectivity index (χ1) is 21.5. The largest absolute Gasteiger partial charge is 0.437 e. The van der Waals surface area contributed by atoms with E-state index in [0.29, 0.717) is 35.2 Å². The van der Waals surface area contributed by atoms with Crippen molar-refractivity contribution in [2.24, 2.45) is 5.92 Å². The molecule has 2 atom stereocenters. The Morgan fingerprint density at radius 3 is 2.60 bits per heavy atom. The van der Waals surface area contributed by atoms with E-state index >= 15 is 0 Å². The van der Waals surface area contributed by atoms with E-state index in [2.05, 4.69) is 35.8 Å². The summed E-state index contributed by atoms with van der Waals surface area (Å²) in [7, 11) is 1.41. The number of carbonyl (C=O) groups is 3. The molecular weight excluding hydrogens is 593 g/mol. The molecule has 3 fully saturated rings. The van der Waals surface area contributed by atoms with E-state index in [1.165, 1.54) is 11.9 Å². The number of hydrogen-bond acceptors (Lipinski definition) is 9. The summed E-state index contributed by atoms with van der Waals surface area (Å²) < 4.78 is 43.3. The predicted octanol–water partition coefficient (Wildman–Crippen LogP) is 3.87. The molecule has 2 N–H and O–H groups in total. The van der Waals surface area contributed by atoms with E-state index in [0.717, 1.165) is 35.1 Å². The third kappa shape index (κ3) is 5.51. The van der Waals surface area contributed by atoms with Gasteiger partial charge in [0, 0.05) is 49.2 Å². The van der Waals surface area contributed by atoms with Crippen LogP contribution >= 0.6 is 0 Å². The molecule has 4 amide bonds. The van der Waals surface area contributed by atoms with Gasteiger partial charge in [-0.15, -0.1) is 10.2 Å². The molecule has 4 aromatic heterocycles. The van der Waals surface area contributed by atoms with Gasteiger partial charge in [-0.25, -0.2) is 19.7 Å². The van der Waals surface area contributed by atoms with Crippen molar-refractivity contribution in [2.45, 2.75) is 50.7 Å². The monoisotopic (exact) mass is 620 g/mol. The number of hydrogen-bond donors (Lipinski definition) is 2. The van der Waals surface area contributed by atoms with Crippen molar-refractivity contribution >= 4 is 40.7 Å². The number of fused-ring (bicyclic) bond motifs is 1. The van der Waals surface area contributed by atoms with E-state index in [9.17, 15) is 27.6 Å². The first-order valence-corrected chi connectivity index (χ1v) is 14.3. The number of alkyl halides is 3. The van der Waals surface area contributed by atoms with Crippen LogP contribution in [0.5, 0.6) is 0 Å². The minimum absolute atomic E-state index is 0.134. The fourth-order valence-corrected chi connectivity index (χ4v) is 5.48. The number of nitrogens with one attached hydrogen (secondary N) is 2. The summed E-state index contributed by atoms with van der Waals surface area (Å²) in [6.07, 6.45) is 2.85. The number of aromatic nitrogens is 6. The standard InChI is InChI=1S/C29H27F3N10O3/c1-14-5-6-33-25(35-14)18-8-19(18)27(44)37-22-9-20(24(39-38-22)29(30,31)32)34-10-17-12-41-11-16(15-3-4-15)7-21(26(41)36-17)42-13-23(43)40(2)28(42)45/h5-7,9,11-12,15,18-19H,3-4,8,10,13H2,1-2H3,(H2,34,37,38,44). The Kier molecular flexibility index (Phi) is 6.67. The summed E-state index contributed by atoms with van der Waals surface area (Å²) in [6.45, 7) is 1.55. The van der Waals surface area contributed by atoms with Crippen molar-refractivity contribution in [1.29, 1.82) is 0 Å². The molecular formula is C29H27F3N10O3. The van der Waals surface area contributed by atoms with E-state index in [-0.39, 0.29) is 36.4 Å². The van der Waals surface area contributed by atoms with Crippen LogP contribution in [-0.2, 0) is 22.3 Å². The van der Waals surface area contributed by atoms with Gasteiger partial charge in [0.05, 0.1) is 23.6 Å². The Hall–Kier alpha value is -5.15. The Morgan fingerprint density at radius 1 is 1.11 bits per heavy atom. The van der Waals surface area contributed by atoms with Crippen molar-refractivity contribution < 1.29 is 27.6 Å². The van der Waals surface area contributed by atoms with Crippen molar-refractivity contribution in [3.05, 3.63) is 65.3 Å². The molecule has 2 saturated carbocycles. The molecule has 0 aromatic carbocycles. The third-order valence-corrected chi connectivity index (χ3v) is 8.17. The maximum absolute atomic E-state index is 13.9. The number of urea groups is 1. The molecule has 0 radical (unpaired) electrons. The summed E-state index contributed by atoms with van der Waals surface area (Å²) >= 11 is 0. The highest BCUT2D eigenvalue weighted by Gasteiger charge is 2.46. The lowest BCUT2D eigenvalue weighted by Gasteiger charge is -2.17. The molecule has 45 heavy (non-hydrogen) atoms. The van der Waals surface area contributed by atoms with Crippen LogP contribution in [0.1, 0.15) is 59.6 Å². The zero-order valence-corrected chi connectivity index (χ0v) is 24.2. The number of rotatable bonds is 8. The van der Waals surface area contributed by atoms with Gasteiger partial charge in [0.15, 0.2) is 17.2 Å². The lowest BCUT2D eigenvalue weighted by molar-refractivity contribution is -0.141. The smallest absolute Gasteiger partial charge is 0.377 e. The van der Waals surface area contributed by atoms with Crippen LogP contribution in [0.4, 0.5) is 35.2 Å². The zero-order chi connectivity index (χ0) is 31.6. The summed E-state index contributed by atoms with van der Waals surface area (Å²) in [5.41, 5.74) is 1.34. The lowest BCUT2D eigenvalue weighted by atomic mass is 10.1. The Morgan fingerprint density at radius 2 is 1.91 bits per heavy atom. The van der Waals surface area contributed by atoms with Gasteiger partial charge >= 0.3 is 12.2 Å². The molecule has 16 heteroatoms. The van der Waals surface area contributed by atoms with Crippen LogP contribution in [-0.4, -0.2) is 65.9 Å². The summed E-state index contributed by atoms with van der Waals surface area (Å²) in [5, 5.41) is 12.3. The number of halogens is 3. The molecule has 232 valence electrons. The van der Waals surface area contributed by atoms with Gasteiger partial charge in [0.1, 0.15) is 12.4 Å². The van der Waals surface area contributed by atoms with E-state index < -0.39 is 29.7 Å². The Balaban J connectivity index is 1.12. The first-order valence-electron chi connectivity index (χ1n) is 14.3.